The minimum absolute atomic E-state index is 0.248. The van der Waals surface area contributed by atoms with Crippen LogP contribution >= 0.6 is 0 Å². The molecule has 23 heavy (non-hydrogen) atoms. The zero-order valence-electron chi connectivity index (χ0n) is 12.3. The molecular weight excluding hydrogens is 290 g/mol. The summed E-state index contributed by atoms with van der Waals surface area (Å²) in [6, 6.07) is 20.3. The SMILES string of the molecule is O=C(O)c1ccc(N/N=C\c2cccn2-c2ccccc2)cc1. The third kappa shape index (κ3) is 3.47. The highest BCUT2D eigenvalue weighted by molar-refractivity contribution is 5.88. The number of nitrogens with one attached hydrogen (secondary N) is 1. The smallest absolute Gasteiger partial charge is 0.335 e. The predicted molar refractivity (Wildman–Crippen MR) is 90.4 cm³/mol. The van der Waals surface area contributed by atoms with E-state index in [0.717, 1.165) is 17.1 Å². The number of benzene rings is 2. The van der Waals surface area contributed by atoms with Crippen LogP contribution in [0.4, 0.5) is 5.69 Å². The highest BCUT2D eigenvalue weighted by Gasteiger charge is 2.02. The Morgan fingerprint density at radius 2 is 1.74 bits per heavy atom. The first-order valence-electron chi connectivity index (χ1n) is 7.09. The minimum Gasteiger partial charge on any atom is -0.478 e. The Kier molecular flexibility index (Phi) is 4.20. The van der Waals surface area contributed by atoms with Crippen molar-refractivity contribution in [3.63, 3.8) is 0 Å². The van der Waals surface area contributed by atoms with Gasteiger partial charge >= 0.3 is 5.97 Å². The second-order valence-corrected chi connectivity index (χ2v) is 4.89. The van der Waals surface area contributed by atoms with Crippen LogP contribution in [0.15, 0.2) is 78.0 Å². The zero-order chi connectivity index (χ0) is 16.1. The fraction of sp³-hybridized carbons (Fsp3) is 0. The number of hydrazone groups is 1. The van der Waals surface area contributed by atoms with Crippen LogP contribution in [0.2, 0.25) is 0 Å². The highest BCUT2D eigenvalue weighted by Crippen LogP contribution is 2.12. The lowest BCUT2D eigenvalue weighted by molar-refractivity contribution is 0.0697. The van der Waals surface area contributed by atoms with E-state index < -0.39 is 5.97 Å². The minimum atomic E-state index is -0.944. The number of carboxylic acids is 1. The molecule has 0 bridgehead atoms. The average Bonchev–Trinajstić information content (AvgIpc) is 3.05. The molecule has 0 aliphatic carbocycles. The molecule has 5 nitrogen and oxygen atoms in total. The monoisotopic (exact) mass is 305 g/mol. The summed E-state index contributed by atoms with van der Waals surface area (Å²) >= 11 is 0. The van der Waals surface area contributed by atoms with Crippen LogP contribution in [0.5, 0.6) is 0 Å². The first-order chi connectivity index (χ1) is 11.2. The van der Waals surface area contributed by atoms with Crippen molar-refractivity contribution in [3.8, 4) is 5.69 Å². The molecule has 3 aromatic rings. The molecule has 0 aliphatic rings. The second-order valence-electron chi connectivity index (χ2n) is 4.89. The van der Waals surface area contributed by atoms with Gasteiger partial charge in [-0.2, -0.15) is 5.10 Å². The van der Waals surface area contributed by atoms with Crippen molar-refractivity contribution in [1.82, 2.24) is 4.57 Å². The van der Waals surface area contributed by atoms with E-state index in [1.807, 2.05) is 53.2 Å². The van der Waals surface area contributed by atoms with Crippen molar-refractivity contribution in [2.45, 2.75) is 0 Å². The van der Waals surface area contributed by atoms with Crippen molar-refractivity contribution < 1.29 is 9.90 Å². The van der Waals surface area contributed by atoms with Gasteiger partial charge in [-0.25, -0.2) is 4.79 Å². The number of rotatable bonds is 5. The van der Waals surface area contributed by atoms with Crippen LogP contribution in [0, 0.1) is 0 Å². The molecule has 1 aromatic heterocycles. The normalized spacial score (nSPS) is 10.8. The summed E-state index contributed by atoms with van der Waals surface area (Å²) in [7, 11) is 0. The van der Waals surface area contributed by atoms with Crippen molar-refractivity contribution in [3.05, 3.63) is 84.2 Å². The number of carbonyl (C=O) groups is 1. The maximum absolute atomic E-state index is 10.8. The van der Waals surface area contributed by atoms with Gasteiger partial charge in [0.15, 0.2) is 0 Å². The van der Waals surface area contributed by atoms with E-state index in [1.54, 1.807) is 18.3 Å². The quantitative estimate of drug-likeness (QED) is 0.559. The highest BCUT2D eigenvalue weighted by atomic mass is 16.4. The number of hydrogen-bond acceptors (Lipinski definition) is 3. The van der Waals surface area contributed by atoms with Gasteiger partial charge in [0, 0.05) is 11.9 Å². The van der Waals surface area contributed by atoms with E-state index in [9.17, 15) is 4.79 Å². The molecule has 0 unspecified atom stereocenters. The van der Waals surface area contributed by atoms with Crippen LogP contribution in [-0.4, -0.2) is 21.9 Å². The first-order valence-corrected chi connectivity index (χ1v) is 7.09. The number of nitrogens with zero attached hydrogens (tertiary/aromatic N) is 2. The van der Waals surface area contributed by atoms with E-state index >= 15 is 0 Å². The van der Waals surface area contributed by atoms with Gasteiger partial charge < -0.3 is 9.67 Å². The molecule has 114 valence electrons. The Morgan fingerprint density at radius 1 is 1.00 bits per heavy atom. The van der Waals surface area contributed by atoms with Gasteiger partial charge in [0.25, 0.3) is 0 Å². The van der Waals surface area contributed by atoms with E-state index in [4.69, 9.17) is 5.11 Å². The fourth-order valence-corrected chi connectivity index (χ4v) is 2.18. The van der Waals surface area contributed by atoms with E-state index in [2.05, 4.69) is 10.5 Å². The molecule has 5 heteroatoms. The van der Waals surface area contributed by atoms with Crippen LogP contribution in [-0.2, 0) is 0 Å². The molecule has 0 amide bonds. The molecule has 0 saturated heterocycles. The van der Waals surface area contributed by atoms with Gasteiger partial charge in [0.05, 0.1) is 23.2 Å². The Hall–Kier alpha value is -3.34. The maximum Gasteiger partial charge on any atom is 0.335 e. The lowest BCUT2D eigenvalue weighted by atomic mass is 10.2. The zero-order valence-corrected chi connectivity index (χ0v) is 12.3. The van der Waals surface area contributed by atoms with Gasteiger partial charge in [-0.3, -0.25) is 5.43 Å². The number of aromatic nitrogens is 1. The summed E-state index contributed by atoms with van der Waals surface area (Å²) in [5, 5.41) is 13.1. The summed E-state index contributed by atoms with van der Waals surface area (Å²) in [5.41, 5.74) is 5.86. The van der Waals surface area contributed by atoms with E-state index in [-0.39, 0.29) is 5.56 Å². The third-order valence-corrected chi connectivity index (χ3v) is 3.34. The van der Waals surface area contributed by atoms with Gasteiger partial charge in [0.2, 0.25) is 0 Å². The summed E-state index contributed by atoms with van der Waals surface area (Å²) in [6.07, 6.45) is 3.69. The van der Waals surface area contributed by atoms with Gasteiger partial charge in [-0.1, -0.05) is 18.2 Å². The molecule has 0 atom stereocenters. The van der Waals surface area contributed by atoms with Crippen LogP contribution in [0.1, 0.15) is 16.1 Å². The van der Waals surface area contributed by atoms with Gasteiger partial charge in [-0.05, 0) is 48.5 Å². The number of anilines is 1. The predicted octanol–water partition coefficient (Wildman–Crippen LogP) is 3.62. The number of para-hydroxylation sites is 1. The molecule has 3 rings (SSSR count). The topological polar surface area (TPSA) is 66.6 Å². The maximum atomic E-state index is 10.8. The number of aromatic carboxylic acids is 1. The van der Waals surface area contributed by atoms with Crippen molar-refractivity contribution in [1.29, 1.82) is 0 Å². The largest absolute Gasteiger partial charge is 0.478 e. The van der Waals surface area contributed by atoms with Crippen molar-refractivity contribution >= 4 is 17.9 Å². The van der Waals surface area contributed by atoms with E-state index in [0.29, 0.717) is 0 Å². The van der Waals surface area contributed by atoms with E-state index in [1.165, 1.54) is 12.1 Å². The van der Waals surface area contributed by atoms with Crippen molar-refractivity contribution in [2.24, 2.45) is 5.10 Å². The third-order valence-electron chi connectivity index (χ3n) is 3.34. The summed E-state index contributed by atoms with van der Waals surface area (Å²) in [4.78, 5) is 10.8. The lowest BCUT2D eigenvalue weighted by Gasteiger charge is -2.05. The molecule has 0 spiro atoms. The molecular formula is C18H15N3O2. The summed E-state index contributed by atoms with van der Waals surface area (Å²) < 4.78 is 2.03. The summed E-state index contributed by atoms with van der Waals surface area (Å²) in [6.45, 7) is 0. The lowest BCUT2D eigenvalue weighted by Crippen LogP contribution is -1.99. The molecule has 0 radical (unpaired) electrons. The Bertz CT molecular complexity index is 821. The van der Waals surface area contributed by atoms with Crippen LogP contribution in [0.3, 0.4) is 0 Å². The standard InChI is InChI=1S/C18H15N3O2/c22-18(23)14-8-10-15(11-9-14)20-19-13-17-7-4-12-21(17)16-5-2-1-3-6-16/h1-13,20H,(H,22,23)/b19-13-. The number of hydrogen-bond donors (Lipinski definition) is 2. The first kappa shape index (κ1) is 14.6. The summed E-state index contributed by atoms with van der Waals surface area (Å²) in [5.74, 6) is -0.944. The molecule has 0 fully saturated rings. The molecule has 0 aliphatic heterocycles. The van der Waals surface area contributed by atoms with Crippen molar-refractivity contribution in [2.75, 3.05) is 5.43 Å². The van der Waals surface area contributed by atoms with Crippen LogP contribution in [0.25, 0.3) is 5.69 Å². The van der Waals surface area contributed by atoms with Crippen LogP contribution < -0.4 is 5.43 Å². The molecule has 1 heterocycles. The Balaban J connectivity index is 1.72. The molecule has 2 aromatic carbocycles. The second kappa shape index (κ2) is 6.62. The van der Waals surface area contributed by atoms with Gasteiger partial charge in [-0.15, -0.1) is 0 Å². The number of carboxylic acid groups (broad SMARTS) is 1. The Labute approximate surface area is 133 Å². The molecule has 0 saturated carbocycles. The Morgan fingerprint density at radius 3 is 2.43 bits per heavy atom. The van der Waals surface area contributed by atoms with Gasteiger partial charge in [0.1, 0.15) is 0 Å². The molecule has 2 N–H and O–H groups in total. The average molecular weight is 305 g/mol. The fourth-order valence-electron chi connectivity index (χ4n) is 2.18.